The van der Waals surface area contributed by atoms with E-state index in [1.54, 1.807) is 0 Å². The van der Waals surface area contributed by atoms with Crippen molar-refractivity contribution in [2.75, 3.05) is 13.2 Å². The minimum absolute atomic E-state index is 0.0354. The molecule has 1 amide bonds. The number of nitrogens with zero attached hydrogens (tertiary/aromatic N) is 1. The van der Waals surface area contributed by atoms with Gasteiger partial charge in [0.1, 0.15) is 0 Å². The Kier molecular flexibility index (Phi) is 8.35. The summed E-state index contributed by atoms with van der Waals surface area (Å²) in [6.07, 6.45) is 1.96. The Morgan fingerprint density at radius 3 is 2.53 bits per heavy atom. The summed E-state index contributed by atoms with van der Waals surface area (Å²) in [5.41, 5.74) is 0. The number of nitrogens with one attached hydrogen (secondary N) is 1. The van der Waals surface area contributed by atoms with Crippen LogP contribution in [0.3, 0.4) is 0 Å². The molecule has 8 heteroatoms. The van der Waals surface area contributed by atoms with Crippen LogP contribution in [0.2, 0.25) is 0 Å². The van der Waals surface area contributed by atoms with E-state index in [2.05, 4.69) is 10.2 Å². The number of rotatable bonds is 10. The lowest BCUT2D eigenvalue weighted by atomic mass is 10.2. The highest BCUT2D eigenvalue weighted by atomic mass is 16.9. The maximum atomic E-state index is 11.1. The second-order valence-electron chi connectivity index (χ2n) is 3.36. The summed E-state index contributed by atoms with van der Waals surface area (Å²) in [4.78, 5) is 35.2. The van der Waals surface area contributed by atoms with Gasteiger partial charge in [0.2, 0.25) is 5.91 Å². The zero-order chi connectivity index (χ0) is 13.1. The lowest BCUT2D eigenvalue weighted by molar-refractivity contribution is -0.757. The number of carboxylic acids is 1. The van der Waals surface area contributed by atoms with E-state index in [4.69, 9.17) is 5.11 Å². The highest BCUT2D eigenvalue weighted by molar-refractivity contribution is 5.76. The number of amides is 1. The molecule has 0 atom stereocenters. The molecule has 0 aromatic carbocycles. The van der Waals surface area contributed by atoms with Crippen molar-refractivity contribution < 1.29 is 24.6 Å². The van der Waals surface area contributed by atoms with Crippen LogP contribution in [-0.4, -0.2) is 35.2 Å². The smallest absolute Gasteiger partial charge is 0.305 e. The first-order valence-electron chi connectivity index (χ1n) is 5.28. The third-order valence-corrected chi connectivity index (χ3v) is 1.91. The number of carbonyl (C=O) groups excluding carboxylic acids is 1. The molecule has 0 bridgehead atoms. The van der Waals surface area contributed by atoms with Crippen LogP contribution in [0.5, 0.6) is 0 Å². The van der Waals surface area contributed by atoms with Gasteiger partial charge in [-0.1, -0.05) is 6.42 Å². The van der Waals surface area contributed by atoms with E-state index in [1.165, 1.54) is 0 Å². The SMILES string of the molecule is O=C(O)CCNC(=O)CCCCCO[N+](=O)[O-]. The molecule has 17 heavy (non-hydrogen) atoms. The summed E-state index contributed by atoms with van der Waals surface area (Å²) < 4.78 is 0. The zero-order valence-corrected chi connectivity index (χ0v) is 9.39. The molecule has 0 aromatic heterocycles. The van der Waals surface area contributed by atoms with Crippen molar-refractivity contribution in [2.45, 2.75) is 32.1 Å². The van der Waals surface area contributed by atoms with Gasteiger partial charge in [-0.05, 0) is 12.8 Å². The van der Waals surface area contributed by atoms with Gasteiger partial charge in [0.25, 0.3) is 5.09 Å². The standard InChI is InChI=1S/C9H16N2O6/c12-8(10-6-5-9(13)14)4-2-1-3-7-17-11(15)16/h1-7H2,(H,10,12)(H,13,14). The molecule has 0 radical (unpaired) electrons. The van der Waals surface area contributed by atoms with E-state index in [0.29, 0.717) is 19.3 Å². The van der Waals surface area contributed by atoms with Crippen molar-refractivity contribution in [1.29, 1.82) is 0 Å². The van der Waals surface area contributed by atoms with Crippen LogP contribution in [-0.2, 0) is 14.4 Å². The summed E-state index contributed by atoms with van der Waals surface area (Å²) in [6.45, 7) is 0.159. The fraction of sp³-hybridized carbons (Fsp3) is 0.778. The molecule has 0 aliphatic rings. The van der Waals surface area contributed by atoms with Crippen molar-refractivity contribution in [3.05, 3.63) is 10.1 Å². The number of unbranched alkanes of at least 4 members (excludes halogenated alkanes) is 2. The molecular formula is C9H16N2O6. The Hall–Kier alpha value is -1.86. The van der Waals surface area contributed by atoms with Crippen LogP contribution in [0.1, 0.15) is 32.1 Å². The predicted octanol–water partition coefficient (Wildman–Crippen LogP) is 0.346. The van der Waals surface area contributed by atoms with Gasteiger partial charge < -0.3 is 15.3 Å². The van der Waals surface area contributed by atoms with E-state index in [1.807, 2.05) is 0 Å². The molecule has 0 aromatic rings. The van der Waals surface area contributed by atoms with Crippen molar-refractivity contribution in [3.63, 3.8) is 0 Å². The maximum absolute atomic E-state index is 11.1. The third-order valence-electron chi connectivity index (χ3n) is 1.91. The highest BCUT2D eigenvalue weighted by Crippen LogP contribution is 2.00. The first-order chi connectivity index (χ1) is 8.02. The van der Waals surface area contributed by atoms with Crippen molar-refractivity contribution >= 4 is 11.9 Å². The molecule has 8 nitrogen and oxygen atoms in total. The molecule has 0 fully saturated rings. The largest absolute Gasteiger partial charge is 0.481 e. The first-order valence-corrected chi connectivity index (χ1v) is 5.28. The quantitative estimate of drug-likeness (QED) is 0.327. The first kappa shape index (κ1) is 15.1. The Labute approximate surface area is 98.0 Å². The molecule has 98 valence electrons. The topological polar surface area (TPSA) is 119 Å². The average molecular weight is 248 g/mol. The van der Waals surface area contributed by atoms with Gasteiger partial charge in [0, 0.05) is 13.0 Å². The van der Waals surface area contributed by atoms with Gasteiger partial charge in [0.05, 0.1) is 13.0 Å². The number of carbonyl (C=O) groups is 2. The molecule has 0 aliphatic carbocycles. The lowest BCUT2D eigenvalue weighted by Crippen LogP contribution is -2.25. The van der Waals surface area contributed by atoms with Crippen LogP contribution in [0, 0.1) is 10.1 Å². The number of aliphatic carboxylic acids is 1. The van der Waals surface area contributed by atoms with Gasteiger partial charge in [-0.2, -0.15) is 0 Å². The van der Waals surface area contributed by atoms with Gasteiger partial charge in [-0.3, -0.25) is 9.59 Å². The van der Waals surface area contributed by atoms with Crippen molar-refractivity contribution in [3.8, 4) is 0 Å². The second kappa shape index (κ2) is 9.37. The second-order valence-corrected chi connectivity index (χ2v) is 3.36. The third kappa shape index (κ3) is 12.1. The van der Waals surface area contributed by atoms with Gasteiger partial charge in [-0.25, -0.2) is 0 Å². The van der Waals surface area contributed by atoms with Gasteiger partial charge in [0.15, 0.2) is 0 Å². The molecular weight excluding hydrogens is 232 g/mol. The van der Waals surface area contributed by atoms with E-state index < -0.39 is 11.1 Å². The zero-order valence-electron chi connectivity index (χ0n) is 9.39. The summed E-state index contributed by atoms with van der Waals surface area (Å²) in [5.74, 6) is -1.16. The normalized spacial score (nSPS) is 9.65. The Morgan fingerprint density at radius 2 is 1.94 bits per heavy atom. The fourth-order valence-electron chi connectivity index (χ4n) is 1.10. The molecule has 0 aliphatic heterocycles. The Balaban J connectivity index is 3.27. The van der Waals surface area contributed by atoms with Gasteiger partial charge in [-0.15, -0.1) is 10.1 Å². The van der Waals surface area contributed by atoms with Crippen LogP contribution >= 0.6 is 0 Å². The Bertz CT molecular complexity index is 268. The molecule has 0 unspecified atom stereocenters. The molecule has 0 rings (SSSR count). The monoisotopic (exact) mass is 248 g/mol. The molecule has 0 saturated carbocycles. The van der Waals surface area contributed by atoms with E-state index in [0.717, 1.165) is 0 Å². The summed E-state index contributed by atoms with van der Waals surface area (Å²) in [5, 5.41) is 19.7. The average Bonchev–Trinajstić information content (AvgIpc) is 2.22. The van der Waals surface area contributed by atoms with E-state index >= 15 is 0 Å². The molecule has 0 spiro atoms. The highest BCUT2D eigenvalue weighted by Gasteiger charge is 2.02. The predicted molar refractivity (Wildman–Crippen MR) is 56.7 cm³/mol. The van der Waals surface area contributed by atoms with Crippen LogP contribution in [0.15, 0.2) is 0 Å². The maximum Gasteiger partial charge on any atom is 0.305 e. The van der Waals surface area contributed by atoms with Crippen LogP contribution < -0.4 is 5.32 Å². The minimum atomic E-state index is -0.956. The number of hydrogen-bond acceptors (Lipinski definition) is 5. The molecule has 0 heterocycles. The van der Waals surface area contributed by atoms with Crippen molar-refractivity contribution in [1.82, 2.24) is 5.32 Å². The summed E-state index contributed by atoms with van der Waals surface area (Å²) in [7, 11) is 0. The number of hydrogen-bond donors (Lipinski definition) is 2. The van der Waals surface area contributed by atoms with Crippen LogP contribution in [0.25, 0.3) is 0 Å². The van der Waals surface area contributed by atoms with E-state index in [-0.39, 0.29) is 31.9 Å². The summed E-state index contributed by atoms with van der Waals surface area (Å²) in [6, 6.07) is 0. The fourth-order valence-corrected chi connectivity index (χ4v) is 1.10. The van der Waals surface area contributed by atoms with Gasteiger partial charge >= 0.3 is 5.97 Å². The minimum Gasteiger partial charge on any atom is -0.481 e. The number of carboxylic acid groups (broad SMARTS) is 1. The summed E-state index contributed by atoms with van der Waals surface area (Å²) >= 11 is 0. The molecule has 0 saturated heterocycles. The Morgan fingerprint density at radius 1 is 1.24 bits per heavy atom. The lowest BCUT2D eigenvalue weighted by Gasteiger charge is -2.03. The van der Waals surface area contributed by atoms with Crippen LogP contribution in [0.4, 0.5) is 0 Å². The molecule has 2 N–H and O–H groups in total. The van der Waals surface area contributed by atoms with Crippen molar-refractivity contribution in [2.24, 2.45) is 0 Å². The van der Waals surface area contributed by atoms with E-state index in [9.17, 15) is 19.7 Å².